The molecule has 0 radical (unpaired) electrons. The van der Waals surface area contributed by atoms with E-state index in [0.717, 1.165) is 45.2 Å². The second-order valence-corrected chi connectivity index (χ2v) is 6.26. The van der Waals surface area contributed by atoms with Crippen LogP contribution >= 0.6 is 0 Å². The van der Waals surface area contributed by atoms with Gasteiger partial charge in [-0.3, -0.25) is 4.18 Å². The van der Waals surface area contributed by atoms with Crippen LogP contribution in [0.4, 0.5) is 0 Å². The Morgan fingerprint density at radius 3 is 2.38 bits per heavy atom. The van der Waals surface area contributed by atoms with Gasteiger partial charge in [-0.15, -0.1) is 0 Å². The summed E-state index contributed by atoms with van der Waals surface area (Å²) in [7, 11) is -3.27. The maximum atomic E-state index is 10.8. The molecule has 0 aromatic rings. The van der Waals surface area contributed by atoms with Gasteiger partial charge in [-0.1, -0.05) is 13.3 Å². The number of hydrogen-bond acceptors (Lipinski definition) is 4. The van der Waals surface area contributed by atoms with Crippen LogP contribution in [0, 0.1) is 11.8 Å². The van der Waals surface area contributed by atoms with Gasteiger partial charge < -0.3 is 4.74 Å². The molecule has 1 aliphatic rings. The molecule has 0 saturated heterocycles. The fourth-order valence-corrected chi connectivity index (χ4v) is 2.30. The first-order chi connectivity index (χ1) is 7.51. The highest BCUT2D eigenvalue weighted by Gasteiger charge is 2.30. The highest BCUT2D eigenvalue weighted by atomic mass is 32.2. The summed E-state index contributed by atoms with van der Waals surface area (Å²) >= 11 is 0. The lowest BCUT2D eigenvalue weighted by molar-refractivity contribution is 0.0283. The first kappa shape index (κ1) is 13.9. The van der Waals surface area contributed by atoms with Crippen molar-refractivity contribution in [2.75, 3.05) is 26.1 Å². The van der Waals surface area contributed by atoms with E-state index in [-0.39, 0.29) is 0 Å². The van der Waals surface area contributed by atoms with Gasteiger partial charge in [-0.25, -0.2) is 0 Å². The van der Waals surface area contributed by atoms with Crippen LogP contribution in [0.2, 0.25) is 0 Å². The summed E-state index contributed by atoms with van der Waals surface area (Å²) in [5, 5.41) is 0. The third-order valence-electron chi connectivity index (χ3n) is 2.85. The molecule has 0 N–H and O–H groups in total. The number of hydrogen-bond donors (Lipinski definition) is 0. The van der Waals surface area contributed by atoms with Gasteiger partial charge in [0.1, 0.15) is 0 Å². The van der Waals surface area contributed by atoms with Crippen molar-refractivity contribution in [3.63, 3.8) is 0 Å². The molecule has 4 nitrogen and oxygen atoms in total. The van der Waals surface area contributed by atoms with Crippen molar-refractivity contribution < 1.29 is 17.3 Å². The van der Waals surface area contributed by atoms with E-state index in [0.29, 0.717) is 18.4 Å². The predicted octanol–water partition coefficient (Wildman–Crippen LogP) is 1.81. The molecule has 16 heavy (non-hydrogen) atoms. The van der Waals surface area contributed by atoms with Crippen molar-refractivity contribution >= 4 is 10.1 Å². The molecule has 0 spiro atoms. The molecule has 1 fully saturated rings. The highest BCUT2D eigenvalue weighted by molar-refractivity contribution is 7.85. The second kappa shape index (κ2) is 6.57. The summed E-state index contributed by atoms with van der Waals surface area (Å²) in [6.07, 6.45) is 5.43. The molecule has 0 aliphatic heterocycles. The van der Waals surface area contributed by atoms with Crippen molar-refractivity contribution in [2.24, 2.45) is 11.8 Å². The summed E-state index contributed by atoms with van der Waals surface area (Å²) in [4.78, 5) is 0. The van der Waals surface area contributed by atoms with Crippen LogP contribution in [0.15, 0.2) is 0 Å². The number of ether oxygens (including phenoxy) is 1. The van der Waals surface area contributed by atoms with E-state index in [1.54, 1.807) is 0 Å². The number of rotatable bonds is 8. The van der Waals surface area contributed by atoms with E-state index in [9.17, 15) is 8.42 Å². The fraction of sp³-hybridized carbons (Fsp3) is 1.00. The Bertz CT molecular complexity index is 280. The van der Waals surface area contributed by atoms with E-state index in [2.05, 4.69) is 6.92 Å². The van der Waals surface area contributed by atoms with Gasteiger partial charge in [0.05, 0.1) is 12.9 Å². The molecule has 1 rings (SSSR count). The van der Waals surface area contributed by atoms with Crippen molar-refractivity contribution in [1.29, 1.82) is 0 Å². The average Bonchev–Trinajstić information content (AvgIpc) is 2.12. The molecule has 5 heteroatoms. The molecule has 0 unspecified atom stereocenters. The fourth-order valence-electron chi connectivity index (χ4n) is 1.86. The summed E-state index contributed by atoms with van der Waals surface area (Å²) in [5.74, 6) is 1.000. The Kier molecular flexibility index (Phi) is 5.72. The van der Waals surface area contributed by atoms with E-state index in [4.69, 9.17) is 8.92 Å². The maximum Gasteiger partial charge on any atom is 0.264 e. The Morgan fingerprint density at radius 2 is 1.81 bits per heavy atom. The molecule has 0 aromatic carbocycles. The van der Waals surface area contributed by atoms with Crippen LogP contribution in [0.1, 0.15) is 32.6 Å². The minimum absolute atomic E-state index is 0.338. The highest BCUT2D eigenvalue weighted by Crippen LogP contribution is 2.34. The maximum absolute atomic E-state index is 10.8. The molecule has 96 valence electrons. The average molecular weight is 250 g/mol. The zero-order valence-corrected chi connectivity index (χ0v) is 11.0. The normalized spacial score (nSPS) is 25.4. The lowest BCUT2D eigenvalue weighted by Crippen LogP contribution is -2.31. The summed E-state index contributed by atoms with van der Waals surface area (Å²) in [6, 6.07) is 0. The van der Waals surface area contributed by atoms with Crippen LogP contribution in [0.3, 0.4) is 0 Å². The zero-order chi connectivity index (χ0) is 12.0. The van der Waals surface area contributed by atoms with Gasteiger partial charge in [-0.2, -0.15) is 8.42 Å². The molecule has 0 amide bonds. The van der Waals surface area contributed by atoms with Crippen molar-refractivity contribution in [1.82, 2.24) is 0 Å². The minimum Gasteiger partial charge on any atom is -0.381 e. The summed E-state index contributed by atoms with van der Waals surface area (Å²) < 4.78 is 31.8. The molecule has 0 atom stereocenters. The van der Waals surface area contributed by atoms with Gasteiger partial charge in [0, 0.05) is 13.2 Å². The monoisotopic (exact) mass is 250 g/mol. The zero-order valence-electron chi connectivity index (χ0n) is 10.1. The van der Waals surface area contributed by atoms with Crippen LogP contribution < -0.4 is 0 Å². The van der Waals surface area contributed by atoms with Gasteiger partial charge in [0.2, 0.25) is 0 Å². The van der Waals surface area contributed by atoms with Crippen LogP contribution in [-0.4, -0.2) is 34.5 Å². The van der Waals surface area contributed by atoms with E-state index >= 15 is 0 Å². The van der Waals surface area contributed by atoms with Gasteiger partial charge in [-0.05, 0) is 31.1 Å². The first-order valence-electron chi connectivity index (χ1n) is 5.93. The van der Waals surface area contributed by atoms with Crippen LogP contribution in [0.25, 0.3) is 0 Å². The molecular weight excluding hydrogens is 228 g/mol. The lowest BCUT2D eigenvalue weighted by atomic mass is 9.76. The van der Waals surface area contributed by atoms with E-state index < -0.39 is 10.1 Å². The Morgan fingerprint density at radius 1 is 1.19 bits per heavy atom. The van der Waals surface area contributed by atoms with E-state index in [1.807, 2.05) is 0 Å². The largest absolute Gasteiger partial charge is 0.381 e. The van der Waals surface area contributed by atoms with Crippen molar-refractivity contribution in [3.8, 4) is 0 Å². The van der Waals surface area contributed by atoms with Gasteiger partial charge in [0.25, 0.3) is 10.1 Å². The van der Waals surface area contributed by atoms with Gasteiger partial charge >= 0.3 is 0 Å². The third-order valence-corrected chi connectivity index (χ3v) is 3.41. The quantitative estimate of drug-likeness (QED) is 0.487. The molecule has 0 aromatic heterocycles. The van der Waals surface area contributed by atoms with Gasteiger partial charge in [0.15, 0.2) is 0 Å². The first-order valence-corrected chi connectivity index (χ1v) is 7.75. The molecule has 0 bridgehead atoms. The topological polar surface area (TPSA) is 52.6 Å². The molecular formula is C11H22O4S. The number of unbranched alkanes of at least 4 members (excludes halogenated alkanes) is 1. The molecule has 1 aliphatic carbocycles. The Balaban J connectivity index is 1.97. The standard InChI is InChI=1S/C11H22O4S/c1-3-4-5-14-8-10-6-11(7-10)9-15-16(2,12)13/h10-11H,3-9H2,1-2H3. The molecule has 1 saturated carbocycles. The summed E-state index contributed by atoms with van der Waals surface area (Å²) in [6.45, 7) is 4.14. The van der Waals surface area contributed by atoms with Crippen molar-refractivity contribution in [2.45, 2.75) is 32.6 Å². The van der Waals surface area contributed by atoms with Crippen molar-refractivity contribution in [3.05, 3.63) is 0 Å². The smallest absolute Gasteiger partial charge is 0.264 e. The minimum atomic E-state index is -3.27. The third kappa shape index (κ3) is 5.82. The Hall–Kier alpha value is -0.130. The summed E-state index contributed by atoms with van der Waals surface area (Å²) in [5.41, 5.74) is 0. The van der Waals surface area contributed by atoms with E-state index in [1.165, 1.54) is 0 Å². The van der Waals surface area contributed by atoms with Crippen LogP contribution in [0.5, 0.6) is 0 Å². The predicted molar refractivity (Wildman–Crippen MR) is 62.7 cm³/mol. The molecule has 0 heterocycles. The second-order valence-electron chi connectivity index (χ2n) is 4.62. The Labute approximate surface area is 98.4 Å². The van der Waals surface area contributed by atoms with Crippen LogP contribution in [-0.2, 0) is 19.0 Å². The lowest BCUT2D eigenvalue weighted by Gasteiger charge is -2.34. The SMILES string of the molecule is CCCCOCC1CC(COS(C)(=O)=O)C1.